The van der Waals surface area contributed by atoms with E-state index in [0.29, 0.717) is 6.04 Å². The summed E-state index contributed by atoms with van der Waals surface area (Å²) in [7, 11) is 0. The highest BCUT2D eigenvalue weighted by Crippen LogP contribution is 2.29. The first kappa shape index (κ1) is 9.06. The minimum Gasteiger partial charge on any atom is -0.308 e. The number of halogens is 1. The zero-order valence-electron chi connectivity index (χ0n) is 6.55. The van der Waals surface area contributed by atoms with Gasteiger partial charge in [-0.2, -0.15) is 11.8 Å². The lowest BCUT2D eigenvalue weighted by Crippen LogP contribution is -2.29. The second kappa shape index (κ2) is 4.13. The second-order valence-corrected chi connectivity index (χ2v) is 5.76. The molecule has 1 nitrogen and oxygen atoms in total. The van der Waals surface area contributed by atoms with Crippen molar-refractivity contribution in [3.8, 4) is 0 Å². The zero-order chi connectivity index (χ0) is 8.39. The second-order valence-electron chi connectivity index (χ2n) is 2.75. The largest absolute Gasteiger partial charge is 0.308 e. The molecule has 1 atom stereocenters. The highest BCUT2D eigenvalue weighted by molar-refractivity contribution is 9.10. The van der Waals surface area contributed by atoms with Gasteiger partial charge in [-0.15, -0.1) is 11.3 Å². The highest BCUT2D eigenvalue weighted by Gasteiger charge is 2.15. The van der Waals surface area contributed by atoms with E-state index in [1.807, 2.05) is 23.1 Å². The van der Waals surface area contributed by atoms with Crippen LogP contribution in [0.15, 0.2) is 15.9 Å². The van der Waals surface area contributed by atoms with Gasteiger partial charge in [0.15, 0.2) is 0 Å². The molecule has 1 aromatic rings. The minimum atomic E-state index is 0.583. The Morgan fingerprint density at radius 3 is 3.08 bits per heavy atom. The monoisotopic (exact) mass is 263 g/mol. The Hall–Kier alpha value is 0.490. The van der Waals surface area contributed by atoms with Gasteiger partial charge in [-0.1, -0.05) is 0 Å². The average Bonchev–Trinajstić information content (AvgIpc) is 2.54. The van der Waals surface area contributed by atoms with E-state index in [4.69, 9.17) is 0 Å². The van der Waals surface area contributed by atoms with Gasteiger partial charge in [0, 0.05) is 32.8 Å². The minimum absolute atomic E-state index is 0.583. The van der Waals surface area contributed by atoms with Crippen molar-refractivity contribution < 1.29 is 0 Å². The lowest BCUT2D eigenvalue weighted by molar-refractivity contribution is 0.604. The molecule has 2 heterocycles. The molecule has 0 bridgehead atoms. The molecule has 1 aliphatic rings. The molecule has 0 spiro atoms. The standard InChI is InChI=1S/C8H10BrNS2/c9-6-3-8(12-4-6)7-5-11-2-1-10-7/h3-4,7,10H,1-2,5H2. The summed E-state index contributed by atoms with van der Waals surface area (Å²) in [5.74, 6) is 2.47. The molecular formula is C8H10BrNS2. The van der Waals surface area contributed by atoms with E-state index in [9.17, 15) is 0 Å². The molecule has 0 amide bonds. The molecule has 0 saturated carbocycles. The van der Waals surface area contributed by atoms with Gasteiger partial charge in [-0.3, -0.25) is 0 Å². The number of thioether (sulfide) groups is 1. The van der Waals surface area contributed by atoms with Crippen LogP contribution in [-0.4, -0.2) is 18.1 Å². The van der Waals surface area contributed by atoms with Crippen LogP contribution in [0.5, 0.6) is 0 Å². The molecule has 66 valence electrons. The van der Waals surface area contributed by atoms with Crippen molar-refractivity contribution in [2.45, 2.75) is 6.04 Å². The maximum absolute atomic E-state index is 3.52. The van der Waals surface area contributed by atoms with Crippen LogP contribution in [0.3, 0.4) is 0 Å². The molecule has 4 heteroatoms. The van der Waals surface area contributed by atoms with E-state index in [1.165, 1.54) is 20.9 Å². The molecule has 0 radical (unpaired) electrons. The Labute approximate surface area is 89.1 Å². The molecular weight excluding hydrogens is 254 g/mol. The van der Waals surface area contributed by atoms with Gasteiger partial charge in [-0.25, -0.2) is 0 Å². The van der Waals surface area contributed by atoms with E-state index >= 15 is 0 Å². The summed E-state index contributed by atoms with van der Waals surface area (Å²) in [6, 6.07) is 2.80. The normalized spacial score (nSPS) is 24.2. The van der Waals surface area contributed by atoms with E-state index in [2.05, 4.69) is 32.7 Å². The smallest absolute Gasteiger partial charge is 0.0507 e. The molecule has 1 fully saturated rings. The number of hydrogen-bond acceptors (Lipinski definition) is 3. The first-order valence-electron chi connectivity index (χ1n) is 3.91. The van der Waals surface area contributed by atoms with Gasteiger partial charge in [0.05, 0.1) is 6.04 Å². The van der Waals surface area contributed by atoms with Crippen molar-refractivity contribution in [2.75, 3.05) is 18.1 Å². The van der Waals surface area contributed by atoms with Crippen LogP contribution < -0.4 is 5.32 Å². The highest BCUT2D eigenvalue weighted by atomic mass is 79.9. The summed E-state index contributed by atoms with van der Waals surface area (Å²) < 4.78 is 1.21. The quantitative estimate of drug-likeness (QED) is 0.837. The van der Waals surface area contributed by atoms with Crippen LogP contribution in [0, 0.1) is 0 Å². The predicted molar refractivity (Wildman–Crippen MR) is 60.1 cm³/mol. The lowest BCUT2D eigenvalue weighted by atomic mass is 10.3. The molecule has 0 aromatic carbocycles. The summed E-state index contributed by atoms with van der Waals surface area (Å²) in [5, 5.41) is 5.67. The lowest BCUT2D eigenvalue weighted by Gasteiger charge is -2.21. The maximum atomic E-state index is 3.52. The van der Waals surface area contributed by atoms with Gasteiger partial charge in [0.1, 0.15) is 0 Å². The first-order chi connectivity index (χ1) is 5.86. The van der Waals surface area contributed by atoms with Gasteiger partial charge >= 0.3 is 0 Å². The van der Waals surface area contributed by atoms with Gasteiger partial charge < -0.3 is 5.32 Å². The first-order valence-corrected chi connectivity index (χ1v) is 6.74. The van der Waals surface area contributed by atoms with Crippen LogP contribution in [0.1, 0.15) is 10.9 Å². The van der Waals surface area contributed by atoms with Gasteiger partial charge in [0.25, 0.3) is 0 Å². The van der Waals surface area contributed by atoms with Crippen molar-refractivity contribution in [1.29, 1.82) is 0 Å². The predicted octanol–water partition coefficient (Wildman–Crippen LogP) is 2.89. The summed E-state index contributed by atoms with van der Waals surface area (Å²) in [5.41, 5.74) is 0. The van der Waals surface area contributed by atoms with Crippen molar-refractivity contribution in [3.05, 3.63) is 20.8 Å². The summed E-state index contributed by atoms with van der Waals surface area (Å²) in [4.78, 5) is 1.45. The van der Waals surface area contributed by atoms with Crippen molar-refractivity contribution >= 4 is 39.0 Å². The SMILES string of the molecule is Brc1csc(C2CSCCN2)c1. The molecule has 12 heavy (non-hydrogen) atoms. The molecule has 1 aromatic heterocycles. The number of rotatable bonds is 1. The molecule has 1 saturated heterocycles. The summed E-state index contributed by atoms with van der Waals surface area (Å²) in [6.07, 6.45) is 0. The van der Waals surface area contributed by atoms with Gasteiger partial charge in [0.2, 0.25) is 0 Å². The van der Waals surface area contributed by atoms with Crippen molar-refractivity contribution in [2.24, 2.45) is 0 Å². The number of hydrogen-bond donors (Lipinski definition) is 1. The Morgan fingerprint density at radius 2 is 2.50 bits per heavy atom. The van der Waals surface area contributed by atoms with Crippen LogP contribution in [0.25, 0.3) is 0 Å². The Morgan fingerprint density at radius 1 is 1.58 bits per heavy atom. The molecule has 1 unspecified atom stereocenters. The molecule has 0 aliphatic carbocycles. The fourth-order valence-corrected chi connectivity index (χ4v) is 3.85. The fourth-order valence-electron chi connectivity index (χ4n) is 1.26. The van der Waals surface area contributed by atoms with Crippen molar-refractivity contribution in [3.63, 3.8) is 0 Å². The molecule has 2 rings (SSSR count). The molecule has 1 aliphatic heterocycles. The fraction of sp³-hybridized carbons (Fsp3) is 0.500. The third-order valence-electron chi connectivity index (χ3n) is 1.85. The topological polar surface area (TPSA) is 12.0 Å². The van der Waals surface area contributed by atoms with Crippen molar-refractivity contribution in [1.82, 2.24) is 5.32 Å². The number of nitrogens with one attached hydrogen (secondary N) is 1. The van der Waals surface area contributed by atoms with Crippen LogP contribution in [0.2, 0.25) is 0 Å². The third kappa shape index (κ3) is 2.05. The average molecular weight is 264 g/mol. The van der Waals surface area contributed by atoms with Crippen LogP contribution in [0.4, 0.5) is 0 Å². The van der Waals surface area contributed by atoms with E-state index in [0.717, 1.165) is 6.54 Å². The summed E-state index contributed by atoms with van der Waals surface area (Å²) >= 11 is 7.34. The Bertz CT molecular complexity index is 255. The maximum Gasteiger partial charge on any atom is 0.0507 e. The Balaban J connectivity index is 2.08. The van der Waals surface area contributed by atoms with Crippen LogP contribution in [-0.2, 0) is 0 Å². The van der Waals surface area contributed by atoms with E-state index in [-0.39, 0.29) is 0 Å². The Kier molecular flexibility index (Phi) is 3.12. The summed E-state index contributed by atoms with van der Waals surface area (Å²) in [6.45, 7) is 1.14. The van der Waals surface area contributed by atoms with E-state index < -0.39 is 0 Å². The number of thiophene rings is 1. The third-order valence-corrected chi connectivity index (χ3v) is 4.72. The van der Waals surface area contributed by atoms with Gasteiger partial charge in [-0.05, 0) is 22.0 Å². The van der Waals surface area contributed by atoms with E-state index in [1.54, 1.807) is 0 Å². The zero-order valence-corrected chi connectivity index (χ0v) is 9.77. The van der Waals surface area contributed by atoms with Crippen LogP contribution >= 0.6 is 39.0 Å². The molecule has 1 N–H and O–H groups in total.